The predicted molar refractivity (Wildman–Crippen MR) is 269 cm³/mol. The molecule has 0 aromatic rings. The van der Waals surface area contributed by atoms with Gasteiger partial charge in [0.15, 0.2) is 0 Å². The quantitative estimate of drug-likeness (QED) is 0.0321. The van der Waals surface area contributed by atoms with E-state index in [-0.39, 0.29) is 18.5 Å². The number of carbonyl (C=O) groups excluding carboxylic acids is 2. The smallest absolute Gasteiger partial charge is 0.305 e. The van der Waals surface area contributed by atoms with Crippen LogP contribution in [-0.2, 0) is 14.3 Å². The summed E-state index contributed by atoms with van der Waals surface area (Å²) in [4.78, 5) is 24.5. The molecular weight excluding hydrogens is 767 g/mol. The third-order valence-electron chi connectivity index (χ3n) is 12.4. The molecule has 62 heavy (non-hydrogen) atoms. The van der Waals surface area contributed by atoms with Gasteiger partial charge in [0.05, 0.1) is 25.4 Å². The Balaban J connectivity index is 3.54. The van der Waals surface area contributed by atoms with Crippen LogP contribution >= 0.6 is 0 Å². The van der Waals surface area contributed by atoms with E-state index in [4.69, 9.17) is 4.74 Å². The molecule has 0 spiro atoms. The van der Waals surface area contributed by atoms with Gasteiger partial charge in [-0.15, -0.1) is 0 Å². The monoisotopic (exact) mass is 872 g/mol. The molecule has 6 nitrogen and oxygen atoms in total. The number of unbranched alkanes of at least 4 members (excludes halogenated alkanes) is 33. The van der Waals surface area contributed by atoms with Gasteiger partial charge in [-0.2, -0.15) is 0 Å². The number of allylic oxidation sites excluding steroid dienone is 6. The van der Waals surface area contributed by atoms with E-state index in [2.05, 4.69) is 55.6 Å². The molecule has 0 heterocycles. The van der Waals surface area contributed by atoms with Crippen LogP contribution in [0.5, 0.6) is 0 Å². The second kappa shape index (κ2) is 51.7. The summed E-state index contributed by atoms with van der Waals surface area (Å²) in [7, 11) is 0. The van der Waals surface area contributed by atoms with Crippen molar-refractivity contribution in [1.82, 2.24) is 5.32 Å². The largest absolute Gasteiger partial charge is 0.466 e. The van der Waals surface area contributed by atoms with Gasteiger partial charge in [-0.3, -0.25) is 9.59 Å². The zero-order chi connectivity index (χ0) is 45.1. The van der Waals surface area contributed by atoms with Gasteiger partial charge in [-0.25, -0.2) is 0 Å². The number of nitrogens with one attached hydrogen (secondary N) is 1. The van der Waals surface area contributed by atoms with E-state index in [0.717, 1.165) is 89.9 Å². The average molecular weight is 872 g/mol. The van der Waals surface area contributed by atoms with Crippen LogP contribution in [0, 0.1) is 0 Å². The van der Waals surface area contributed by atoms with Gasteiger partial charge >= 0.3 is 5.97 Å². The average Bonchev–Trinajstić information content (AvgIpc) is 3.27. The van der Waals surface area contributed by atoms with Gasteiger partial charge in [0.1, 0.15) is 0 Å². The minimum Gasteiger partial charge on any atom is -0.466 e. The normalized spacial score (nSPS) is 12.9. The number of esters is 1. The number of ether oxygens (including phenoxy) is 1. The Morgan fingerprint density at radius 1 is 0.452 bits per heavy atom. The number of amides is 1. The number of aliphatic hydroxyl groups is 2. The van der Waals surface area contributed by atoms with Crippen LogP contribution in [0.15, 0.2) is 36.5 Å². The highest BCUT2D eigenvalue weighted by Gasteiger charge is 2.20. The van der Waals surface area contributed by atoms with E-state index in [1.807, 2.05) is 0 Å². The lowest BCUT2D eigenvalue weighted by Gasteiger charge is -2.22. The lowest BCUT2D eigenvalue weighted by Crippen LogP contribution is -2.45. The first kappa shape index (κ1) is 60.1. The minimum atomic E-state index is -0.688. The maximum Gasteiger partial charge on any atom is 0.305 e. The van der Waals surface area contributed by atoms with Crippen LogP contribution in [0.1, 0.15) is 284 Å². The highest BCUT2D eigenvalue weighted by molar-refractivity contribution is 5.76. The van der Waals surface area contributed by atoms with Crippen molar-refractivity contribution in [3.63, 3.8) is 0 Å². The fourth-order valence-corrected chi connectivity index (χ4v) is 8.19. The van der Waals surface area contributed by atoms with E-state index in [9.17, 15) is 19.8 Å². The Morgan fingerprint density at radius 2 is 0.806 bits per heavy atom. The van der Waals surface area contributed by atoms with E-state index in [0.29, 0.717) is 25.9 Å². The molecule has 6 heteroatoms. The van der Waals surface area contributed by atoms with Crippen molar-refractivity contribution in [3.8, 4) is 0 Å². The van der Waals surface area contributed by atoms with Crippen LogP contribution in [0.4, 0.5) is 0 Å². The van der Waals surface area contributed by atoms with Gasteiger partial charge in [0.2, 0.25) is 5.91 Å². The maximum absolute atomic E-state index is 12.5. The highest BCUT2D eigenvalue weighted by atomic mass is 16.5. The van der Waals surface area contributed by atoms with Crippen molar-refractivity contribution >= 4 is 11.9 Å². The van der Waals surface area contributed by atoms with Gasteiger partial charge in [0.25, 0.3) is 0 Å². The van der Waals surface area contributed by atoms with Crippen molar-refractivity contribution in [2.75, 3.05) is 13.2 Å². The molecule has 0 saturated carbocycles. The van der Waals surface area contributed by atoms with Crippen molar-refractivity contribution < 1.29 is 24.5 Å². The summed E-state index contributed by atoms with van der Waals surface area (Å²) >= 11 is 0. The van der Waals surface area contributed by atoms with Gasteiger partial charge in [-0.1, -0.05) is 224 Å². The first-order valence-corrected chi connectivity index (χ1v) is 27.2. The molecule has 0 fully saturated rings. The number of aliphatic hydroxyl groups excluding tert-OH is 2. The Hall–Kier alpha value is -1.92. The van der Waals surface area contributed by atoms with Crippen LogP contribution in [-0.4, -0.2) is 47.4 Å². The van der Waals surface area contributed by atoms with E-state index < -0.39 is 12.1 Å². The second-order valence-corrected chi connectivity index (χ2v) is 18.6. The Morgan fingerprint density at radius 3 is 1.26 bits per heavy atom. The van der Waals surface area contributed by atoms with Gasteiger partial charge in [0, 0.05) is 12.8 Å². The van der Waals surface area contributed by atoms with Crippen molar-refractivity contribution in [2.45, 2.75) is 296 Å². The van der Waals surface area contributed by atoms with Gasteiger partial charge in [-0.05, 0) is 83.5 Å². The summed E-state index contributed by atoms with van der Waals surface area (Å²) in [6.45, 7) is 4.85. The molecule has 0 aliphatic heterocycles. The SMILES string of the molecule is CCCCCC/C=C\C/C=C\CCCCCCCC(=O)OCCCC/C=C\CCCCCCC(=O)NC(CO)C(O)CCCCCCCCCCCCCCCCCCCCC. The first-order valence-electron chi connectivity index (χ1n) is 27.2. The van der Waals surface area contributed by atoms with Crippen LogP contribution < -0.4 is 5.32 Å². The molecular formula is C56H105NO5. The van der Waals surface area contributed by atoms with E-state index in [1.165, 1.54) is 161 Å². The molecule has 0 aliphatic carbocycles. The molecule has 0 aromatic heterocycles. The third kappa shape index (κ3) is 47.6. The van der Waals surface area contributed by atoms with Crippen LogP contribution in [0.3, 0.4) is 0 Å². The number of rotatable bonds is 50. The van der Waals surface area contributed by atoms with Crippen molar-refractivity contribution in [2.24, 2.45) is 0 Å². The summed E-state index contributed by atoms with van der Waals surface area (Å²) in [6, 6.07) is -0.569. The predicted octanol–water partition coefficient (Wildman–Crippen LogP) is 16.5. The molecule has 3 N–H and O–H groups in total. The molecule has 0 radical (unpaired) electrons. The van der Waals surface area contributed by atoms with Crippen molar-refractivity contribution in [1.29, 1.82) is 0 Å². The van der Waals surface area contributed by atoms with Crippen LogP contribution in [0.2, 0.25) is 0 Å². The number of carbonyl (C=O) groups is 2. The first-order chi connectivity index (χ1) is 30.5. The van der Waals surface area contributed by atoms with E-state index in [1.54, 1.807) is 0 Å². The Bertz CT molecular complexity index is 1010. The Labute approximate surface area is 385 Å². The van der Waals surface area contributed by atoms with Gasteiger partial charge < -0.3 is 20.3 Å². The third-order valence-corrected chi connectivity index (χ3v) is 12.4. The molecule has 1 amide bonds. The fraction of sp³-hybridized carbons (Fsp3) is 0.857. The lowest BCUT2D eigenvalue weighted by atomic mass is 10.0. The molecule has 0 aromatic carbocycles. The summed E-state index contributed by atoms with van der Waals surface area (Å²) in [5, 5.41) is 23.3. The number of hydrogen-bond acceptors (Lipinski definition) is 5. The molecule has 0 saturated heterocycles. The molecule has 2 atom stereocenters. The second-order valence-electron chi connectivity index (χ2n) is 18.6. The summed E-state index contributed by atoms with van der Waals surface area (Å²) in [5.74, 6) is -0.120. The molecule has 0 bridgehead atoms. The molecule has 0 aliphatic rings. The number of hydrogen-bond donors (Lipinski definition) is 3. The Kier molecular flexibility index (Phi) is 50.1. The highest BCUT2D eigenvalue weighted by Crippen LogP contribution is 2.16. The standard InChI is InChI=1S/C56H105NO5/c1-3-5-7-9-11-13-15-17-19-21-22-23-24-26-28-32-36-40-44-48-54(59)53(52-58)57-55(60)49-45-41-37-33-30-31-35-39-43-47-51-62-56(61)50-46-42-38-34-29-27-25-20-18-16-14-12-10-8-6-4-2/h14,16,20,25,31,35,53-54,58-59H,3-13,15,17-19,21-24,26-30,32-34,36-52H2,1-2H3,(H,57,60)/b16-14-,25-20-,35-31-. The molecule has 0 rings (SSSR count). The summed E-state index contributed by atoms with van der Waals surface area (Å²) < 4.78 is 5.43. The maximum atomic E-state index is 12.5. The topological polar surface area (TPSA) is 95.9 Å². The minimum absolute atomic E-state index is 0.0497. The fourth-order valence-electron chi connectivity index (χ4n) is 8.19. The summed E-state index contributed by atoms with van der Waals surface area (Å²) in [6.07, 6.45) is 62.6. The molecule has 2 unspecified atom stereocenters. The zero-order valence-corrected chi connectivity index (χ0v) is 41.4. The molecule has 364 valence electrons. The summed E-state index contributed by atoms with van der Waals surface area (Å²) in [5.41, 5.74) is 0. The van der Waals surface area contributed by atoms with Crippen LogP contribution in [0.25, 0.3) is 0 Å². The lowest BCUT2D eigenvalue weighted by molar-refractivity contribution is -0.143. The zero-order valence-electron chi connectivity index (χ0n) is 41.4. The van der Waals surface area contributed by atoms with E-state index >= 15 is 0 Å². The van der Waals surface area contributed by atoms with Crippen molar-refractivity contribution in [3.05, 3.63) is 36.5 Å².